The lowest BCUT2D eigenvalue weighted by atomic mass is 9.98. The predicted molar refractivity (Wildman–Crippen MR) is 133 cm³/mol. The third-order valence-corrected chi connectivity index (χ3v) is 6.60. The zero-order valence-electron chi connectivity index (χ0n) is 20.6. The van der Waals surface area contributed by atoms with Gasteiger partial charge < -0.3 is 14.2 Å². The molecule has 0 radical (unpaired) electrons. The molecule has 8 heteroatoms. The number of rotatable bonds is 8. The maximum absolute atomic E-state index is 13.6. The Morgan fingerprint density at radius 2 is 1.63 bits per heavy atom. The Kier molecular flexibility index (Phi) is 8.02. The van der Waals surface area contributed by atoms with Gasteiger partial charge in [-0.2, -0.15) is 5.10 Å². The lowest BCUT2D eigenvalue weighted by molar-refractivity contribution is -0.152. The van der Waals surface area contributed by atoms with Crippen LogP contribution >= 0.6 is 0 Å². The molecule has 0 aromatic heterocycles. The van der Waals surface area contributed by atoms with Crippen molar-refractivity contribution < 1.29 is 23.8 Å². The van der Waals surface area contributed by atoms with E-state index in [0.29, 0.717) is 26.0 Å². The molecule has 1 fully saturated rings. The first kappa shape index (κ1) is 24.7. The molecule has 2 aromatic carbocycles. The molecule has 2 aliphatic rings. The molecule has 4 rings (SSSR count). The second-order valence-electron chi connectivity index (χ2n) is 8.74. The van der Waals surface area contributed by atoms with Crippen LogP contribution in [0.15, 0.2) is 53.6 Å². The summed E-state index contributed by atoms with van der Waals surface area (Å²) in [4.78, 5) is 28.1. The molecular weight excluding hydrogens is 446 g/mol. The van der Waals surface area contributed by atoms with Crippen molar-refractivity contribution in [3.8, 4) is 11.5 Å². The third kappa shape index (κ3) is 5.65. The highest BCUT2D eigenvalue weighted by atomic mass is 16.5. The van der Waals surface area contributed by atoms with Gasteiger partial charge in [0.2, 0.25) is 0 Å². The number of hydrazone groups is 1. The summed E-state index contributed by atoms with van der Waals surface area (Å²) in [5.74, 6) is 1.13. The number of methoxy groups -OCH3 is 2. The summed E-state index contributed by atoms with van der Waals surface area (Å²) < 4.78 is 15.8. The normalized spacial score (nSPS) is 20.3. The molecule has 0 N–H and O–H groups in total. The van der Waals surface area contributed by atoms with Crippen molar-refractivity contribution in [1.82, 2.24) is 9.91 Å². The van der Waals surface area contributed by atoms with Crippen LogP contribution in [0.5, 0.6) is 11.5 Å². The SMILES string of the molecule is CCOC(=O)C1CCCCN1CC(=O)N1N=C(c2ccc(OC)cc2)CC1c1ccc(OC)cc1. The van der Waals surface area contributed by atoms with Crippen LogP contribution in [0.2, 0.25) is 0 Å². The van der Waals surface area contributed by atoms with E-state index in [-0.39, 0.29) is 30.5 Å². The average Bonchev–Trinajstić information content (AvgIpc) is 3.35. The first-order chi connectivity index (χ1) is 17.0. The first-order valence-electron chi connectivity index (χ1n) is 12.1. The second kappa shape index (κ2) is 11.4. The number of amides is 1. The molecule has 0 bridgehead atoms. The molecule has 2 atom stereocenters. The van der Waals surface area contributed by atoms with Crippen LogP contribution in [0.3, 0.4) is 0 Å². The smallest absolute Gasteiger partial charge is 0.323 e. The maximum atomic E-state index is 13.6. The van der Waals surface area contributed by atoms with E-state index >= 15 is 0 Å². The summed E-state index contributed by atoms with van der Waals surface area (Å²) in [6.45, 7) is 2.94. The molecule has 8 nitrogen and oxygen atoms in total. The molecule has 0 saturated carbocycles. The van der Waals surface area contributed by atoms with Gasteiger partial charge in [0.1, 0.15) is 17.5 Å². The summed E-state index contributed by atoms with van der Waals surface area (Å²) in [6, 6.07) is 14.8. The monoisotopic (exact) mass is 479 g/mol. The van der Waals surface area contributed by atoms with Crippen molar-refractivity contribution >= 4 is 17.6 Å². The molecule has 186 valence electrons. The van der Waals surface area contributed by atoms with E-state index in [4.69, 9.17) is 19.3 Å². The Morgan fingerprint density at radius 3 is 2.26 bits per heavy atom. The van der Waals surface area contributed by atoms with Crippen molar-refractivity contribution in [1.29, 1.82) is 0 Å². The van der Waals surface area contributed by atoms with Crippen molar-refractivity contribution in [2.24, 2.45) is 5.10 Å². The van der Waals surface area contributed by atoms with E-state index in [9.17, 15) is 9.59 Å². The minimum atomic E-state index is -0.389. The van der Waals surface area contributed by atoms with Gasteiger partial charge >= 0.3 is 5.97 Å². The van der Waals surface area contributed by atoms with Gasteiger partial charge in [-0.25, -0.2) is 5.01 Å². The quantitative estimate of drug-likeness (QED) is 0.536. The van der Waals surface area contributed by atoms with Gasteiger partial charge in [0.15, 0.2) is 0 Å². The van der Waals surface area contributed by atoms with E-state index in [1.54, 1.807) is 26.2 Å². The second-order valence-corrected chi connectivity index (χ2v) is 8.74. The molecule has 2 heterocycles. The molecule has 2 aliphatic heterocycles. The van der Waals surface area contributed by atoms with Crippen LogP contribution in [0.4, 0.5) is 0 Å². The number of carbonyl (C=O) groups excluding carboxylic acids is 2. The van der Waals surface area contributed by atoms with E-state index in [1.807, 2.05) is 53.4 Å². The summed E-state index contributed by atoms with van der Waals surface area (Å²) in [7, 11) is 3.26. The van der Waals surface area contributed by atoms with Crippen molar-refractivity contribution in [3.05, 3.63) is 59.7 Å². The summed E-state index contributed by atoms with van der Waals surface area (Å²) in [5, 5.41) is 6.35. The van der Waals surface area contributed by atoms with E-state index in [0.717, 1.165) is 41.2 Å². The lowest BCUT2D eigenvalue weighted by Crippen LogP contribution is -2.49. The summed E-state index contributed by atoms with van der Waals surface area (Å²) >= 11 is 0. The minimum absolute atomic E-state index is 0.121. The largest absolute Gasteiger partial charge is 0.497 e. The Balaban J connectivity index is 1.59. The van der Waals surface area contributed by atoms with Gasteiger partial charge in [-0.15, -0.1) is 0 Å². The topological polar surface area (TPSA) is 80.7 Å². The van der Waals surface area contributed by atoms with Gasteiger partial charge in [-0.05, 0) is 73.8 Å². The number of ether oxygens (including phenoxy) is 3. The molecule has 1 amide bonds. The lowest BCUT2D eigenvalue weighted by Gasteiger charge is -2.34. The highest BCUT2D eigenvalue weighted by Gasteiger charge is 2.37. The number of nitrogens with zero attached hydrogens (tertiary/aromatic N) is 3. The fourth-order valence-electron chi connectivity index (χ4n) is 4.72. The Labute approximate surface area is 206 Å². The zero-order chi connectivity index (χ0) is 24.8. The van der Waals surface area contributed by atoms with Crippen LogP contribution in [-0.4, -0.2) is 67.5 Å². The molecule has 1 saturated heterocycles. The number of likely N-dealkylation sites (tertiary alicyclic amines) is 1. The van der Waals surface area contributed by atoms with E-state index < -0.39 is 0 Å². The van der Waals surface area contributed by atoms with Crippen LogP contribution in [0.25, 0.3) is 0 Å². The standard InChI is InChI=1S/C27H33N3O5/c1-4-35-27(32)24-7-5-6-16-29(24)18-26(31)30-25(20-10-14-22(34-3)15-11-20)17-23(28-30)19-8-12-21(33-2)13-9-19/h8-15,24-25H,4-7,16-18H2,1-3H3. The van der Waals surface area contributed by atoms with Crippen molar-refractivity contribution in [2.75, 3.05) is 33.9 Å². The Hall–Kier alpha value is -3.39. The van der Waals surface area contributed by atoms with Crippen LogP contribution in [0, 0.1) is 0 Å². The molecular formula is C27H33N3O5. The first-order valence-corrected chi connectivity index (χ1v) is 12.1. The molecule has 2 aromatic rings. The number of piperidine rings is 1. The Bertz CT molecular complexity index is 1050. The molecule has 0 aliphatic carbocycles. The summed E-state index contributed by atoms with van der Waals surface area (Å²) in [5.41, 5.74) is 2.76. The number of hydrogen-bond donors (Lipinski definition) is 0. The molecule has 2 unspecified atom stereocenters. The fraction of sp³-hybridized carbons (Fsp3) is 0.444. The number of benzene rings is 2. The fourth-order valence-corrected chi connectivity index (χ4v) is 4.72. The zero-order valence-corrected chi connectivity index (χ0v) is 20.6. The number of esters is 1. The van der Waals surface area contributed by atoms with Crippen molar-refractivity contribution in [2.45, 2.75) is 44.7 Å². The van der Waals surface area contributed by atoms with Gasteiger partial charge in [0.05, 0.1) is 39.1 Å². The van der Waals surface area contributed by atoms with Gasteiger partial charge in [0.25, 0.3) is 5.91 Å². The average molecular weight is 480 g/mol. The van der Waals surface area contributed by atoms with Gasteiger partial charge in [-0.1, -0.05) is 18.6 Å². The van der Waals surface area contributed by atoms with Crippen molar-refractivity contribution in [3.63, 3.8) is 0 Å². The highest BCUT2D eigenvalue weighted by molar-refractivity contribution is 6.03. The maximum Gasteiger partial charge on any atom is 0.323 e. The third-order valence-electron chi connectivity index (χ3n) is 6.60. The Morgan fingerprint density at radius 1 is 0.971 bits per heavy atom. The number of hydrogen-bond acceptors (Lipinski definition) is 7. The minimum Gasteiger partial charge on any atom is -0.497 e. The highest BCUT2D eigenvalue weighted by Crippen LogP contribution is 2.34. The van der Waals surface area contributed by atoms with Crippen LogP contribution < -0.4 is 9.47 Å². The van der Waals surface area contributed by atoms with E-state index in [2.05, 4.69) is 0 Å². The molecule has 0 spiro atoms. The van der Waals surface area contributed by atoms with Crippen LogP contribution in [0.1, 0.15) is 49.8 Å². The predicted octanol–water partition coefficient (Wildman–Crippen LogP) is 3.80. The molecule has 35 heavy (non-hydrogen) atoms. The summed E-state index contributed by atoms with van der Waals surface area (Å²) in [6.07, 6.45) is 3.19. The number of carbonyl (C=O) groups is 2. The van der Waals surface area contributed by atoms with Crippen LogP contribution in [-0.2, 0) is 14.3 Å². The van der Waals surface area contributed by atoms with E-state index in [1.165, 1.54) is 0 Å². The van der Waals surface area contributed by atoms with Gasteiger partial charge in [0, 0.05) is 6.42 Å². The van der Waals surface area contributed by atoms with Gasteiger partial charge in [-0.3, -0.25) is 14.5 Å².